The number of fused-ring (bicyclic) bond motifs is 2. The molecule has 36 heavy (non-hydrogen) atoms. The minimum absolute atomic E-state index is 0.0623. The zero-order valence-corrected chi connectivity index (χ0v) is 20.6. The van der Waals surface area contributed by atoms with Gasteiger partial charge in [-0.1, -0.05) is 59.6 Å². The van der Waals surface area contributed by atoms with E-state index in [9.17, 15) is 14.7 Å². The van der Waals surface area contributed by atoms with Gasteiger partial charge in [0.1, 0.15) is 5.82 Å². The number of nitrogens with two attached hydrogens (primary N) is 1. The number of anilines is 3. The van der Waals surface area contributed by atoms with Gasteiger partial charge in [-0.15, -0.1) is 0 Å². The maximum absolute atomic E-state index is 13.8. The average Bonchev–Trinajstić information content (AvgIpc) is 3.11. The Labute approximate surface area is 216 Å². The lowest BCUT2D eigenvalue weighted by Gasteiger charge is -2.27. The highest BCUT2D eigenvalue weighted by Gasteiger charge is 2.39. The third-order valence-corrected chi connectivity index (χ3v) is 6.80. The second-order valence-electron chi connectivity index (χ2n) is 8.46. The molecule has 4 aromatic rings. The van der Waals surface area contributed by atoms with Gasteiger partial charge in [0.05, 0.1) is 34.7 Å². The standard InChI is InChI=1S/C26H21Cl2N5O3/c1-32-23-15(13-30-32)14-33(22-10-8-18(27)12-21(22)31-23)24(34)19-9-7-17(11-20(19)28)26(36,25(29)35)16-5-3-2-4-6-16/h2-13,31,36H,14H2,1H3,(H2,29,35). The first-order valence-corrected chi connectivity index (χ1v) is 11.7. The molecule has 1 atom stereocenters. The molecule has 5 rings (SSSR count). The maximum Gasteiger partial charge on any atom is 0.260 e. The van der Waals surface area contributed by atoms with E-state index in [-0.39, 0.29) is 28.6 Å². The van der Waals surface area contributed by atoms with Crippen molar-refractivity contribution in [2.45, 2.75) is 12.1 Å². The van der Waals surface area contributed by atoms with E-state index < -0.39 is 11.5 Å². The van der Waals surface area contributed by atoms with Crippen molar-refractivity contribution in [1.29, 1.82) is 0 Å². The normalized spacial score (nSPS) is 14.2. The molecule has 2 amide bonds. The van der Waals surface area contributed by atoms with Crippen LogP contribution in [-0.2, 0) is 24.0 Å². The number of nitrogens with one attached hydrogen (secondary N) is 1. The number of carbonyl (C=O) groups is 2. The van der Waals surface area contributed by atoms with Crippen LogP contribution in [0.5, 0.6) is 0 Å². The van der Waals surface area contributed by atoms with E-state index >= 15 is 0 Å². The summed E-state index contributed by atoms with van der Waals surface area (Å²) in [5.41, 5.74) is 6.17. The van der Waals surface area contributed by atoms with Gasteiger partial charge in [-0.05, 0) is 41.5 Å². The van der Waals surface area contributed by atoms with Crippen LogP contribution in [0.3, 0.4) is 0 Å². The van der Waals surface area contributed by atoms with E-state index in [1.54, 1.807) is 71.4 Å². The number of amides is 2. The number of benzene rings is 3. The van der Waals surface area contributed by atoms with Gasteiger partial charge in [0, 0.05) is 17.6 Å². The second-order valence-corrected chi connectivity index (χ2v) is 9.30. The van der Waals surface area contributed by atoms with Crippen molar-refractivity contribution in [3.05, 3.63) is 105 Å². The van der Waals surface area contributed by atoms with Crippen LogP contribution in [0.4, 0.5) is 17.2 Å². The number of rotatable bonds is 4. The van der Waals surface area contributed by atoms with Crippen LogP contribution in [0.15, 0.2) is 72.9 Å². The Morgan fingerprint density at radius 2 is 1.81 bits per heavy atom. The van der Waals surface area contributed by atoms with Gasteiger partial charge < -0.3 is 21.1 Å². The van der Waals surface area contributed by atoms with E-state index in [2.05, 4.69) is 10.4 Å². The van der Waals surface area contributed by atoms with E-state index in [0.717, 1.165) is 11.4 Å². The fourth-order valence-corrected chi connectivity index (χ4v) is 4.79. The number of aromatic nitrogens is 2. The quantitative estimate of drug-likeness (QED) is 0.369. The summed E-state index contributed by atoms with van der Waals surface area (Å²) in [5.74, 6) is -0.599. The number of nitrogens with zero attached hydrogens (tertiary/aromatic N) is 3. The van der Waals surface area contributed by atoms with Gasteiger partial charge in [-0.2, -0.15) is 5.10 Å². The molecule has 2 heterocycles. The summed E-state index contributed by atoms with van der Waals surface area (Å²) in [7, 11) is 1.80. The van der Waals surface area contributed by atoms with Gasteiger partial charge in [0.2, 0.25) is 0 Å². The first-order valence-electron chi connectivity index (χ1n) is 11.0. The van der Waals surface area contributed by atoms with Crippen LogP contribution >= 0.6 is 23.2 Å². The summed E-state index contributed by atoms with van der Waals surface area (Å²) < 4.78 is 1.68. The van der Waals surface area contributed by atoms with E-state index in [1.165, 1.54) is 18.2 Å². The molecule has 1 aliphatic heterocycles. The number of aliphatic hydroxyl groups is 1. The lowest BCUT2D eigenvalue weighted by Crippen LogP contribution is -2.42. The highest BCUT2D eigenvalue weighted by molar-refractivity contribution is 6.35. The molecule has 1 aliphatic rings. The fraction of sp³-hybridized carbons (Fsp3) is 0.115. The highest BCUT2D eigenvalue weighted by Crippen LogP contribution is 2.39. The molecule has 0 radical (unpaired) electrons. The lowest BCUT2D eigenvalue weighted by atomic mass is 9.85. The van der Waals surface area contributed by atoms with Crippen molar-refractivity contribution in [3.8, 4) is 0 Å². The zero-order chi connectivity index (χ0) is 25.6. The summed E-state index contributed by atoms with van der Waals surface area (Å²) in [4.78, 5) is 27.7. The maximum atomic E-state index is 13.8. The Kier molecular flexibility index (Phi) is 5.96. The smallest absolute Gasteiger partial charge is 0.260 e. The van der Waals surface area contributed by atoms with E-state index in [0.29, 0.717) is 22.0 Å². The Bertz CT molecular complexity index is 1500. The highest BCUT2D eigenvalue weighted by atomic mass is 35.5. The minimum Gasteiger partial charge on any atom is -0.372 e. The van der Waals surface area contributed by atoms with Crippen LogP contribution in [-0.4, -0.2) is 26.7 Å². The van der Waals surface area contributed by atoms with Crippen molar-refractivity contribution in [3.63, 3.8) is 0 Å². The molecule has 4 N–H and O–H groups in total. The number of halogens is 2. The predicted molar refractivity (Wildman–Crippen MR) is 139 cm³/mol. The summed E-state index contributed by atoms with van der Waals surface area (Å²) in [6.07, 6.45) is 1.69. The van der Waals surface area contributed by atoms with Gasteiger partial charge in [0.25, 0.3) is 11.8 Å². The number of primary amides is 1. The van der Waals surface area contributed by atoms with Crippen molar-refractivity contribution in [2.24, 2.45) is 12.8 Å². The molecule has 8 nitrogen and oxygen atoms in total. The van der Waals surface area contributed by atoms with Crippen LogP contribution < -0.4 is 16.0 Å². The number of aryl methyl sites for hydroxylation is 1. The molecule has 1 aromatic heterocycles. The zero-order valence-electron chi connectivity index (χ0n) is 19.1. The van der Waals surface area contributed by atoms with Gasteiger partial charge in [-0.25, -0.2) is 0 Å². The van der Waals surface area contributed by atoms with Gasteiger partial charge in [0.15, 0.2) is 5.60 Å². The largest absolute Gasteiger partial charge is 0.372 e. The molecule has 0 aliphatic carbocycles. The van der Waals surface area contributed by atoms with Crippen LogP contribution in [0.2, 0.25) is 10.0 Å². The van der Waals surface area contributed by atoms with Crippen molar-refractivity contribution in [2.75, 3.05) is 10.2 Å². The molecule has 3 aromatic carbocycles. The minimum atomic E-state index is -2.12. The fourth-order valence-electron chi connectivity index (χ4n) is 4.36. The monoisotopic (exact) mass is 521 g/mol. The molecule has 0 saturated heterocycles. The summed E-state index contributed by atoms with van der Waals surface area (Å²) in [5, 5.41) is 19.4. The van der Waals surface area contributed by atoms with E-state index in [1.807, 2.05) is 0 Å². The van der Waals surface area contributed by atoms with Crippen LogP contribution in [0, 0.1) is 0 Å². The van der Waals surface area contributed by atoms with Crippen molar-refractivity contribution >= 4 is 52.2 Å². The Hall–Kier alpha value is -3.85. The SMILES string of the molecule is Cn1ncc2c1Nc1cc(Cl)ccc1N(C(=O)c1ccc(C(O)(C(N)=O)c3ccccc3)cc1Cl)C2. The number of hydrogen-bond acceptors (Lipinski definition) is 5. The molecule has 182 valence electrons. The van der Waals surface area contributed by atoms with Gasteiger partial charge in [-0.3, -0.25) is 14.3 Å². The Morgan fingerprint density at radius 1 is 1.06 bits per heavy atom. The third kappa shape index (κ3) is 3.89. The first-order chi connectivity index (χ1) is 17.2. The molecule has 10 heteroatoms. The average molecular weight is 522 g/mol. The topological polar surface area (TPSA) is 113 Å². The summed E-state index contributed by atoms with van der Waals surface area (Å²) >= 11 is 12.8. The third-order valence-electron chi connectivity index (χ3n) is 6.26. The Morgan fingerprint density at radius 3 is 2.50 bits per heavy atom. The van der Waals surface area contributed by atoms with Crippen LogP contribution in [0.1, 0.15) is 27.0 Å². The predicted octanol–water partition coefficient (Wildman–Crippen LogP) is 4.35. The molecule has 0 bridgehead atoms. The van der Waals surface area contributed by atoms with E-state index in [4.69, 9.17) is 28.9 Å². The van der Waals surface area contributed by atoms with Crippen LogP contribution in [0.25, 0.3) is 0 Å². The second kappa shape index (κ2) is 8.98. The summed E-state index contributed by atoms with van der Waals surface area (Å²) in [6, 6.07) is 17.9. The molecule has 0 spiro atoms. The lowest BCUT2D eigenvalue weighted by molar-refractivity contribution is -0.133. The first kappa shape index (κ1) is 23.9. The molecule has 1 unspecified atom stereocenters. The molecular weight excluding hydrogens is 501 g/mol. The molecular formula is C26H21Cl2N5O3. The van der Waals surface area contributed by atoms with Crippen molar-refractivity contribution in [1.82, 2.24) is 9.78 Å². The number of hydrogen-bond donors (Lipinski definition) is 3. The molecule has 0 fully saturated rings. The van der Waals surface area contributed by atoms with Crippen molar-refractivity contribution < 1.29 is 14.7 Å². The molecule has 0 saturated carbocycles. The Balaban J connectivity index is 1.57. The number of carbonyl (C=O) groups excluding carboxylic acids is 2. The summed E-state index contributed by atoms with van der Waals surface area (Å²) in [6.45, 7) is 0.233. The van der Waals surface area contributed by atoms with Gasteiger partial charge >= 0.3 is 0 Å².